The molecule has 0 saturated carbocycles. The number of benzene rings is 1. The van der Waals surface area contributed by atoms with Gasteiger partial charge in [-0.05, 0) is 31.2 Å². The number of amides is 2. The molecule has 0 radical (unpaired) electrons. The summed E-state index contributed by atoms with van der Waals surface area (Å²) in [5.41, 5.74) is 0.440. The third-order valence-electron chi connectivity index (χ3n) is 3.44. The summed E-state index contributed by atoms with van der Waals surface area (Å²) in [6.45, 7) is 0.657. The molecule has 0 saturated heterocycles. The van der Waals surface area contributed by atoms with E-state index < -0.39 is 24.4 Å². The minimum Gasteiger partial charge on any atom is -0.451 e. The summed E-state index contributed by atoms with van der Waals surface area (Å²) in [6, 6.07) is 9.71. The van der Waals surface area contributed by atoms with Crippen molar-refractivity contribution in [1.82, 2.24) is 4.90 Å². The van der Waals surface area contributed by atoms with Crippen molar-refractivity contribution in [3.8, 4) is 0 Å². The van der Waals surface area contributed by atoms with Crippen molar-refractivity contribution in [3.05, 3.63) is 51.2 Å². The van der Waals surface area contributed by atoms with Gasteiger partial charge < -0.3 is 15.0 Å². The normalized spacial score (nSPS) is 10.2. The van der Waals surface area contributed by atoms with E-state index in [1.165, 1.54) is 26.1 Å². The first kappa shape index (κ1) is 20.6. The standard InChI is InChI=1S/C18H17ClN2O5S/c1-11(22)14-7-8-15(27-14)18(25)26-10-17(24)21(2)9-16(23)20-13-6-4-3-5-12(13)19/h3-8H,9-10H2,1-2H3,(H,20,23). The van der Waals surface area contributed by atoms with E-state index in [9.17, 15) is 19.2 Å². The lowest BCUT2D eigenvalue weighted by Gasteiger charge is -2.17. The first-order valence-corrected chi connectivity index (χ1v) is 9.03. The highest BCUT2D eigenvalue weighted by atomic mass is 35.5. The van der Waals surface area contributed by atoms with Crippen molar-refractivity contribution in [2.75, 3.05) is 25.5 Å². The van der Waals surface area contributed by atoms with Crippen LogP contribution in [-0.2, 0) is 14.3 Å². The molecule has 0 fully saturated rings. The van der Waals surface area contributed by atoms with Gasteiger partial charge in [-0.2, -0.15) is 0 Å². The number of ether oxygens (including phenoxy) is 1. The second kappa shape index (κ2) is 9.29. The van der Waals surface area contributed by atoms with Crippen molar-refractivity contribution < 1.29 is 23.9 Å². The van der Waals surface area contributed by atoms with Gasteiger partial charge in [0.25, 0.3) is 5.91 Å². The summed E-state index contributed by atoms with van der Waals surface area (Å²) in [5, 5.41) is 2.98. The van der Waals surface area contributed by atoms with Crippen LogP contribution in [0.2, 0.25) is 5.02 Å². The summed E-state index contributed by atoms with van der Waals surface area (Å²) in [5.74, 6) is -1.83. The quantitative estimate of drug-likeness (QED) is 0.561. The molecule has 0 unspecified atom stereocenters. The van der Waals surface area contributed by atoms with E-state index in [2.05, 4.69) is 5.32 Å². The predicted molar refractivity (Wildman–Crippen MR) is 102 cm³/mol. The number of nitrogens with one attached hydrogen (secondary N) is 1. The molecule has 1 aromatic heterocycles. The molecule has 142 valence electrons. The number of likely N-dealkylation sites (N-methyl/N-ethyl adjacent to an activating group) is 1. The minimum absolute atomic E-state index is 0.153. The Hall–Kier alpha value is -2.71. The van der Waals surface area contributed by atoms with E-state index in [-0.39, 0.29) is 17.2 Å². The Morgan fingerprint density at radius 3 is 2.41 bits per heavy atom. The van der Waals surface area contributed by atoms with Crippen molar-refractivity contribution in [2.45, 2.75) is 6.92 Å². The smallest absolute Gasteiger partial charge is 0.348 e. The van der Waals surface area contributed by atoms with Gasteiger partial charge in [0.05, 0.1) is 22.1 Å². The number of hydrogen-bond acceptors (Lipinski definition) is 6. The number of rotatable bonds is 7. The second-order valence-electron chi connectivity index (χ2n) is 5.57. The number of para-hydroxylation sites is 1. The van der Waals surface area contributed by atoms with Crippen LogP contribution in [0.15, 0.2) is 36.4 Å². The Morgan fingerprint density at radius 2 is 1.78 bits per heavy atom. The van der Waals surface area contributed by atoms with Crippen LogP contribution >= 0.6 is 22.9 Å². The van der Waals surface area contributed by atoms with E-state index in [1.54, 1.807) is 24.3 Å². The van der Waals surface area contributed by atoms with Crippen LogP contribution < -0.4 is 5.32 Å². The number of esters is 1. The summed E-state index contributed by atoms with van der Waals surface area (Å²) >= 11 is 6.96. The van der Waals surface area contributed by atoms with Crippen LogP contribution in [0.4, 0.5) is 5.69 Å². The predicted octanol–water partition coefficient (Wildman–Crippen LogP) is 2.86. The molecule has 7 nitrogen and oxygen atoms in total. The fraction of sp³-hybridized carbons (Fsp3) is 0.222. The summed E-state index contributed by atoms with van der Waals surface area (Å²) < 4.78 is 4.94. The Kier molecular flexibility index (Phi) is 7.09. The number of thiophene rings is 1. The van der Waals surface area contributed by atoms with E-state index in [0.29, 0.717) is 15.6 Å². The first-order valence-electron chi connectivity index (χ1n) is 7.84. The first-order chi connectivity index (χ1) is 12.8. The van der Waals surface area contributed by atoms with Crippen molar-refractivity contribution in [1.29, 1.82) is 0 Å². The van der Waals surface area contributed by atoms with Gasteiger partial charge in [0, 0.05) is 7.05 Å². The van der Waals surface area contributed by atoms with E-state index in [1.807, 2.05) is 0 Å². The lowest BCUT2D eigenvalue weighted by Crippen LogP contribution is -2.37. The van der Waals surface area contributed by atoms with E-state index >= 15 is 0 Å². The maximum absolute atomic E-state index is 12.0. The molecular weight excluding hydrogens is 392 g/mol. The number of Topliss-reactive ketones (excluding diaryl/α,β-unsaturated/α-hetero) is 1. The monoisotopic (exact) mass is 408 g/mol. The van der Waals surface area contributed by atoms with Crippen LogP contribution in [0.25, 0.3) is 0 Å². The van der Waals surface area contributed by atoms with Crippen molar-refractivity contribution >= 4 is 52.2 Å². The number of anilines is 1. The van der Waals surface area contributed by atoms with Crippen LogP contribution in [0.5, 0.6) is 0 Å². The zero-order valence-electron chi connectivity index (χ0n) is 14.7. The maximum Gasteiger partial charge on any atom is 0.348 e. The SMILES string of the molecule is CC(=O)c1ccc(C(=O)OCC(=O)N(C)CC(=O)Nc2ccccc2Cl)s1. The summed E-state index contributed by atoms with van der Waals surface area (Å²) in [4.78, 5) is 49.0. The van der Waals surface area contributed by atoms with Crippen LogP contribution in [-0.4, -0.2) is 48.7 Å². The second-order valence-corrected chi connectivity index (χ2v) is 7.07. The molecule has 0 aliphatic rings. The molecule has 2 rings (SSSR count). The largest absolute Gasteiger partial charge is 0.451 e. The Balaban J connectivity index is 1.82. The molecule has 1 N–H and O–H groups in total. The van der Waals surface area contributed by atoms with Crippen LogP contribution in [0.3, 0.4) is 0 Å². The van der Waals surface area contributed by atoms with Crippen molar-refractivity contribution in [2.24, 2.45) is 0 Å². The van der Waals surface area contributed by atoms with Crippen LogP contribution in [0, 0.1) is 0 Å². The fourth-order valence-corrected chi connectivity index (χ4v) is 2.98. The zero-order valence-corrected chi connectivity index (χ0v) is 16.2. The molecule has 2 aromatic rings. The fourth-order valence-electron chi connectivity index (χ4n) is 2.00. The molecule has 1 aromatic carbocycles. The molecule has 1 heterocycles. The molecule has 0 aliphatic carbocycles. The molecule has 0 bridgehead atoms. The average molecular weight is 409 g/mol. The molecule has 0 spiro atoms. The molecule has 27 heavy (non-hydrogen) atoms. The summed E-state index contributed by atoms with van der Waals surface area (Å²) in [6.07, 6.45) is 0. The van der Waals surface area contributed by atoms with Gasteiger partial charge in [-0.15, -0.1) is 11.3 Å². The highest BCUT2D eigenvalue weighted by Crippen LogP contribution is 2.20. The molecule has 9 heteroatoms. The molecule has 0 aliphatic heterocycles. The number of carbonyl (C=O) groups excluding carboxylic acids is 4. The zero-order chi connectivity index (χ0) is 20.0. The molecular formula is C18H17ClN2O5S. The minimum atomic E-state index is -0.699. The number of carbonyl (C=O) groups is 4. The van der Waals surface area contributed by atoms with Gasteiger partial charge in [-0.1, -0.05) is 23.7 Å². The average Bonchev–Trinajstić information content (AvgIpc) is 3.11. The summed E-state index contributed by atoms with van der Waals surface area (Å²) in [7, 11) is 1.42. The van der Waals surface area contributed by atoms with Gasteiger partial charge in [-0.3, -0.25) is 14.4 Å². The van der Waals surface area contributed by atoms with Gasteiger partial charge in [0.1, 0.15) is 4.88 Å². The maximum atomic E-state index is 12.0. The third-order valence-corrected chi connectivity index (χ3v) is 4.93. The van der Waals surface area contributed by atoms with Gasteiger partial charge in [0.15, 0.2) is 12.4 Å². The Morgan fingerprint density at radius 1 is 1.11 bits per heavy atom. The lowest BCUT2D eigenvalue weighted by molar-refractivity contribution is -0.136. The van der Waals surface area contributed by atoms with Gasteiger partial charge >= 0.3 is 5.97 Å². The highest BCUT2D eigenvalue weighted by molar-refractivity contribution is 7.15. The van der Waals surface area contributed by atoms with Gasteiger partial charge in [-0.25, -0.2) is 4.79 Å². The molecule has 0 atom stereocenters. The molecule has 2 amide bonds. The number of nitrogens with zero attached hydrogens (tertiary/aromatic N) is 1. The Bertz CT molecular complexity index is 880. The topological polar surface area (TPSA) is 92.8 Å². The number of hydrogen-bond donors (Lipinski definition) is 1. The van der Waals surface area contributed by atoms with Crippen LogP contribution in [0.1, 0.15) is 26.3 Å². The number of halogens is 1. The highest BCUT2D eigenvalue weighted by Gasteiger charge is 2.18. The number of ketones is 1. The lowest BCUT2D eigenvalue weighted by atomic mass is 10.3. The third kappa shape index (κ3) is 5.90. The van der Waals surface area contributed by atoms with E-state index in [0.717, 1.165) is 16.2 Å². The van der Waals surface area contributed by atoms with E-state index in [4.69, 9.17) is 16.3 Å². The van der Waals surface area contributed by atoms with Gasteiger partial charge in [0.2, 0.25) is 5.91 Å². The van der Waals surface area contributed by atoms with Crippen molar-refractivity contribution in [3.63, 3.8) is 0 Å². The Labute approximate surface area is 164 Å².